The maximum absolute atomic E-state index is 5.43. The molecule has 2 aliphatic rings. The normalized spacial score (nSPS) is 12.8. The molecule has 64 heavy (non-hydrogen) atoms. The summed E-state index contributed by atoms with van der Waals surface area (Å²) in [7, 11) is 0. The molecule has 0 amide bonds. The predicted molar refractivity (Wildman–Crippen MR) is 266 cm³/mol. The first-order chi connectivity index (χ1) is 31.7. The Hall–Kier alpha value is -7.98. The Morgan fingerprint density at radius 1 is 0.312 bits per heavy atom. The fourth-order valence-corrected chi connectivity index (χ4v) is 11.6. The average Bonchev–Trinajstić information content (AvgIpc) is 4.04. The van der Waals surface area contributed by atoms with E-state index in [1.54, 1.807) is 11.3 Å². The number of thiazole rings is 1. The van der Waals surface area contributed by atoms with Gasteiger partial charge in [-0.2, -0.15) is 0 Å². The van der Waals surface area contributed by atoms with Crippen molar-refractivity contribution in [1.82, 2.24) is 9.97 Å². The Labute approximate surface area is 376 Å². The Kier molecular flexibility index (Phi) is 8.34. The van der Waals surface area contributed by atoms with Gasteiger partial charge in [-0.25, -0.2) is 4.98 Å². The van der Waals surface area contributed by atoms with E-state index in [1.807, 2.05) is 18.5 Å². The molecule has 0 unspecified atom stereocenters. The van der Waals surface area contributed by atoms with Crippen LogP contribution in [0.15, 0.2) is 231 Å². The van der Waals surface area contributed by atoms with Gasteiger partial charge in [0.1, 0.15) is 5.01 Å². The number of nitrogens with zero attached hydrogens (tertiary/aromatic N) is 2. The highest BCUT2D eigenvalue weighted by atomic mass is 32.1. The summed E-state index contributed by atoms with van der Waals surface area (Å²) in [5, 5.41) is 1.00. The summed E-state index contributed by atoms with van der Waals surface area (Å²) in [6.07, 6.45) is 3.75. The fraction of sp³-hybridized carbons (Fsp3) is 0.0164. The molecule has 298 valence electrons. The summed E-state index contributed by atoms with van der Waals surface area (Å²) in [6.45, 7) is 0. The largest absolute Gasteiger partial charge is 0.264 e. The number of hydrogen-bond acceptors (Lipinski definition) is 3. The van der Waals surface area contributed by atoms with Crippen molar-refractivity contribution < 1.29 is 0 Å². The second-order valence-electron chi connectivity index (χ2n) is 16.9. The predicted octanol–water partition coefficient (Wildman–Crippen LogP) is 16.0. The third-order valence-corrected chi connectivity index (χ3v) is 14.5. The second-order valence-corrected chi connectivity index (χ2v) is 17.9. The maximum atomic E-state index is 5.43. The van der Waals surface area contributed by atoms with Gasteiger partial charge in [0.2, 0.25) is 0 Å². The topological polar surface area (TPSA) is 25.8 Å². The number of aromatic nitrogens is 2. The molecule has 11 aromatic rings. The van der Waals surface area contributed by atoms with Gasteiger partial charge in [-0.05, 0) is 125 Å². The van der Waals surface area contributed by atoms with Crippen molar-refractivity contribution in [3.8, 4) is 88.5 Å². The van der Waals surface area contributed by atoms with Crippen LogP contribution in [-0.2, 0) is 5.41 Å². The van der Waals surface area contributed by atoms with E-state index in [9.17, 15) is 0 Å². The third kappa shape index (κ3) is 5.64. The molecule has 0 aliphatic heterocycles. The Balaban J connectivity index is 0.917. The summed E-state index contributed by atoms with van der Waals surface area (Å²) >= 11 is 1.76. The molecule has 2 aromatic heterocycles. The maximum Gasteiger partial charge on any atom is 0.124 e. The van der Waals surface area contributed by atoms with E-state index in [4.69, 9.17) is 4.98 Å². The van der Waals surface area contributed by atoms with Crippen LogP contribution in [0.1, 0.15) is 22.3 Å². The lowest BCUT2D eigenvalue weighted by Crippen LogP contribution is -2.25. The standard InChI is InChI=1S/C61H38N2S/c1-2-13-39(14-3-1)42-15-10-17-44(33-42)48-35-53(46-18-11-16-43(34-46)47-19-12-32-62-38-47)59-58(37-48)64-60(63-59)41-28-26-40(27-29-41)45-30-31-52-51-22-6-9-25-56(51)61(57(52)36-45)54-23-7-4-20-49(54)50-21-5-8-24-55(50)61/h1-38H. The molecule has 2 heterocycles. The van der Waals surface area contributed by atoms with Crippen molar-refractivity contribution in [1.29, 1.82) is 0 Å². The summed E-state index contributed by atoms with van der Waals surface area (Å²) < 4.78 is 1.16. The minimum absolute atomic E-state index is 0.368. The number of rotatable bonds is 6. The molecule has 0 fully saturated rings. The monoisotopic (exact) mass is 830 g/mol. The van der Waals surface area contributed by atoms with Crippen molar-refractivity contribution in [2.45, 2.75) is 5.41 Å². The van der Waals surface area contributed by atoms with Crippen LogP contribution in [0.25, 0.3) is 98.7 Å². The first-order valence-corrected chi connectivity index (χ1v) is 22.7. The van der Waals surface area contributed by atoms with Gasteiger partial charge in [-0.1, -0.05) is 182 Å². The zero-order valence-corrected chi connectivity index (χ0v) is 35.6. The fourth-order valence-electron chi connectivity index (χ4n) is 10.5. The molecule has 13 rings (SSSR count). The van der Waals surface area contributed by atoms with Crippen LogP contribution in [0.4, 0.5) is 0 Å². The molecule has 2 nitrogen and oxygen atoms in total. The zero-order chi connectivity index (χ0) is 42.2. The van der Waals surface area contributed by atoms with Crippen molar-refractivity contribution in [2.24, 2.45) is 0 Å². The summed E-state index contributed by atoms with van der Waals surface area (Å²) in [5.41, 5.74) is 24.1. The number of benzene rings is 9. The highest BCUT2D eigenvalue weighted by molar-refractivity contribution is 7.21. The minimum atomic E-state index is -0.368. The zero-order valence-electron chi connectivity index (χ0n) is 34.7. The van der Waals surface area contributed by atoms with Crippen LogP contribution in [0.2, 0.25) is 0 Å². The minimum Gasteiger partial charge on any atom is -0.264 e. The average molecular weight is 831 g/mol. The van der Waals surface area contributed by atoms with E-state index in [0.717, 1.165) is 43.0 Å². The number of pyridine rings is 1. The first-order valence-electron chi connectivity index (χ1n) is 21.9. The van der Waals surface area contributed by atoms with Crippen molar-refractivity contribution in [3.05, 3.63) is 253 Å². The Morgan fingerprint density at radius 2 is 0.812 bits per heavy atom. The highest BCUT2D eigenvalue weighted by Gasteiger charge is 2.51. The lowest BCUT2D eigenvalue weighted by molar-refractivity contribution is 0.794. The van der Waals surface area contributed by atoms with Gasteiger partial charge < -0.3 is 0 Å². The SMILES string of the molecule is c1ccc(-c2cccc(-c3cc(-c4cccc(-c5cccnc5)c4)c4nc(-c5ccc(-c6ccc7c(c6)C6(c8ccccc8-c8ccccc86)c6ccccc6-7)cc5)sc4c3)c2)cc1. The summed E-state index contributed by atoms with van der Waals surface area (Å²) in [5.74, 6) is 0. The molecule has 0 bridgehead atoms. The van der Waals surface area contributed by atoms with Crippen LogP contribution >= 0.6 is 11.3 Å². The van der Waals surface area contributed by atoms with Gasteiger partial charge in [0.15, 0.2) is 0 Å². The van der Waals surface area contributed by atoms with E-state index >= 15 is 0 Å². The van der Waals surface area contributed by atoms with E-state index < -0.39 is 0 Å². The van der Waals surface area contributed by atoms with E-state index in [0.29, 0.717) is 0 Å². The van der Waals surface area contributed by atoms with Gasteiger partial charge in [0.05, 0.1) is 15.6 Å². The summed E-state index contributed by atoms with van der Waals surface area (Å²) in [6, 6.07) is 80.2. The lowest BCUT2D eigenvalue weighted by atomic mass is 9.70. The molecule has 0 radical (unpaired) electrons. The smallest absolute Gasteiger partial charge is 0.124 e. The van der Waals surface area contributed by atoms with Crippen LogP contribution in [0.5, 0.6) is 0 Å². The second kappa shape index (κ2) is 14.6. The number of hydrogen-bond donors (Lipinski definition) is 0. The molecule has 0 saturated heterocycles. The number of fused-ring (bicyclic) bond motifs is 11. The lowest BCUT2D eigenvalue weighted by Gasteiger charge is -2.30. The van der Waals surface area contributed by atoms with Gasteiger partial charge in [0.25, 0.3) is 0 Å². The first kappa shape index (κ1) is 36.7. The van der Waals surface area contributed by atoms with Crippen molar-refractivity contribution in [2.75, 3.05) is 0 Å². The highest BCUT2D eigenvalue weighted by Crippen LogP contribution is 2.63. The molecule has 2 aliphatic carbocycles. The van der Waals surface area contributed by atoms with Crippen molar-refractivity contribution >= 4 is 21.6 Å². The van der Waals surface area contributed by atoms with Gasteiger partial charge >= 0.3 is 0 Å². The van der Waals surface area contributed by atoms with Gasteiger partial charge in [-0.3, -0.25) is 4.98 Å². The van der Waals surface area contributed by atoms with E-state index in [2.05, 4.69) is 217 Å². The van der Waals surface area contributed by atoms with Crippen molar-refractivity contribution in [3.63, 3.8) is 0 Å². The molecule has 0 N–H and O–H groups in total. The third-order valence-electron chi connectivity index (χ3n) is 13.4. The quantitative estimate of drug-likeness (QED) is 0.167. The molecule has 0 atom stereocenters. The molecule has 1 spiro atoms. The Morgan fingerprint density at radius 3 is 1.48 bits per heavy atom. The van der Waals surface area contributed by atoms with E-state index in [-0.39, 0.29) is 5.41 Å². The molecular formula is C61H38N2S. The van der Waals surface area contributed by atoms with Gasteiger partial charge in [-0.15, -0.1) is 11.3 Å². The van der Waals surface area contributed by atoms with Crippen LogP contribution < -0.4 is 0 Å². The van der Waals surface area contributed by atoms with Crippen LogP contribution in [-0.4, -0.2) is 9.97 Å². The molecule has 0 saturated carbocycles. The molecule has 9 aromatic carbocycles. The van der Waals surface area contributed by atoms with Crippen LogP contribution in [0, 0.1) is 0 Å². The van der Waals surface area contributed by atoms with Crippen LogP contribution in [0.3, 0.4) is 0 Å². The molecular weight excluding hydrogens is 793 g/mol. The van der Waals surface area contributed by atoms with Gasteiger partial charge in [0, 0.05) is 29.1 Å². The molecule has 3 heteroatoms. The summed E-state index contributed by atoms with van der Waals surface area (Å²) in [4.78, 5) is 9.84. The Bertz CT molecular complexity index is 3540. The van der Waals surface area contributed by atoms with E-state index in [1.165, 1.54) is 77.9 Å².